The minimum atomic E-state index is 0.0176. The highest BCUT2D eigenvalue weighted by Crippen LogP contribution is 2.17. The van der Waals surface area contributed by atoms with Crippen LogP contribution in [0.4, 0.5) is 5.95 Å². The number of rotatable bonds is 4. The first kappa shape index (κ1) is 17.2. The molecule has 1 aromatic heterocycles. The second-order valence-electron chi connectivity index (χ2n) is 6.48. The normalized spacial score (nSPS) is 14.5. The molecule has 1 aliphatic heterocycles. The summed E-state index contributed by atoms with van der Waals surface area (Å²) in [5.41, 5.74) is 3.22. The lowest BCUT2D eigenvalue weighted by Crippen LogP contribution is -2.50. The zero-order valence-electron chi connectivity index (χ0n) is 15.0. The lowest BCUT2D eigenvalue weighted by Gasteiger charge is -2.34. The first-order chi connectivity index (χ1) is 12.0. The fraction of sp³-hybridized carbons (Fsp3) is 0.421. The van der Waals surface area contributed by atoms with E-state index >= 15 is 0 Å². The van der Waals surface area contributed by atoms with E-state index < -0.39 is 0 Å². The molecule has 0 spiro atoms. The van der Waals surface area contributed by atoms with E-state index in [9.17, 15) is 4.79 Å². The second kappa shape index (κ2) is 7.51. The van der Waals surface area contributed by atoms with Gasteiger partial charge in [0.15, 0.2) is 6.61 Å². The van der Waals surface area contributed by atoms with Gasteiger partial charge in [0, 0.05) is 38.1 Å². The molecule has 2 aromatic rings. The van der Waals surface area contributed by atoms with E-state index in [4.69, 9.17) is 4.74 Å². The number of aromatic nitrogens is 2. The zero-order valence-corrected chi connectivity index (χ0v) is 15.0. The van der Waals surface area contributed by atoms with Crippen LogP contribution in [0.5, 0.6) is 5.75 Å². The van der Waals surface area contributed by atoms with Crippen molar-refractivity contribution in [1.82, 2.24) is 14.9 Å². The van der Waals surface area contributed by atoms with Gasteiger partial charge in [0.25, 0.3) is 5.91 Å². The number of benzene rings is 1. The van der Waals surface area contributed by atoms with Crippen molar-refractivity contribution in [2.24, 2.45) is 0 Å². The average Bonchev–Trinajstić information content (AvgIpc) is 2.59. The molecule has 1 amide bonds. The van der Waals surface area contributed by atoms with Crippen molar-refractivity contribution < 1.29 is 9.53 Å². The molecule has 132 valence electrons. The second-order valence-corrected chi connectivity index (χ2v) is 6.48. The van der Waals surface area contributed by atoms with Crippen LogP contribution < -0.4 is 9.64 Å². The highest BCUT2D eigenvalue weighted by Gasteiger charge is 2.22. The molecule has 25 heavy (non-hydrogen) atoms. The van der Waals surface area contributed by atoms with E-state index in [1.165, 1.54) is 0 Å². The summed E-state index contributed by atoms with van der Waals surface area (Å²) in [6.45, 7) is 8.86. The number of piperazine rings is 1. The van der Waals surface area contributed by atoms with Crippen LogP contribution in [0.2, 0.25) is 0 Å². The van der Waals surface area contributed by atoms with Crippen molar-refractivity contribution in [2.75, 3.05) is 37.7 Å². The van der Waals surface area contributed by atoms with E-state index in [0.29, 0.717) is 13.1 Å². The molecule has 0 unspecified atom stereocenters. The Morgan fingerprint density at radius 1 is 1.08 bits per heavy atom. The topological polar surface area (TPSA) is 58.6 Å². The van der Waals surface area contributed by atoms with Crippen molar-refractivity contribution in [3.8, 4) is 5.75 Å². The molecule has 1 aromatic carbocycles. The van der Waals surface area contributed by atoms with Crippen LogP contribution in [0, 0.1) is 20.8 Å². The molecule has 1 fully saturated rings. The van der Waals surface area contributed by atoms with Gasteiger partial charge in [-0.25, -0.2) is 9.97 Å². The molecule has 0 radical (unpaired) electrons. The number of nitrogens with zero attached hydrogens (tertiary/aromatic N) is 4. The average molecular weight is 340 g/mol. The van der Waals surface area contributed by atoms with E-state index in [2.05, 4.69) is 20.9 Å². The minimum absolute atomic E-state index is 0.0176. The van der Waals surface area contributed by atoms with Gasteiger partial charge in [-0.05, 0) is 50.1 Å². The lowest BCUT2D eigenvalue weighted by molar-refractivity contribution is -0.133. The highest BCUT2D eigenvalue weighted by molar-refractivity contribution is 5.78. The number of carbonyl (C=O) groups excluding carboxylic acids is 1. The summed E-state index contributed by atoms with van der Waals surface area (Å²) in [5.74, 6) is 1.50. The van der Waals surface area contributed by atoms with Crippen molar-refractivity contribution in [2.45, 2.75) is 20.8 Å². The largest absolute Gasteiger partial charge is 0.484 e. The summed E-state index contributed by atoms with van der Waals surface area (Å²) < 4.78 is 5.68. The molecule has 6 nitrogen and oxygen atoms in total. The fourth-order valence-electron chi connectivity index (χ4n) is 3.00. The van der Waals surface area contributed by atoms with Crippen molar-refractivity contribution in [3.63, 3.8) is 0 Å². The smallest absolute Gasteiger partial charge is 0.260 e. The Hall–Kier alpha value is -2.63. The minimum Gasteiger partial charge on any atom is -0.484 e. The van der Waals surface area contributed by atoms with Gasteiger partial charge < -0.3 is 14.5 Å². The summed E-state index contributed by atoms with van der Waals surface area (Å²) in [6.07, 6.45) is 1.77. The van der Waals surface area contributed by atoms with Crippen LogP contribution in [0.25, 0.3) is 0 Å². The Balaban J connectivity index is 1.51. The van der Waals surface area contributed by atoms with Crippen LogP contribution in [0.15, 0.2) is 30.5 Å². The van der Waals surface area contributed by atoms with Crippen LogP contribution in [-0.2, 0) is 4.79 Å². The number of aryl methyl sites for hydroxylation is 3. The predicted molar refractivity (Wildman–Crippen MR) is 97.0 cm³/mol. The van der Waals surface area contributed by atoms with Gasteiger partial charge in [-0.15, -0.1) is 0 Å². The van der Waals surface area contributed by atoms with E-state index in [1.807, 2.05) is 43.9 Å². The molecule has 1 saturated heterocycles. The first-order valence-corrected chi connectivity index (χ1v) is 8.55. The maximum atomic E-state index is 12.4. The number of carbonyl (C=O) groups is 1. The molecular formula is C19H24N4O2. The third-order valence-corrected chi connectivity index (χ3v) is 4.25. The van der Waals surface area contributed by atoms with Gasteiger partial charge in [0.2, 0.25) is 5.95 Å². The van der Waals surface area contributed by atoms with Crippen molar-refractivity contribution >= 4 is 11.9 Å². The summed E-state index contributed by atoms with van der Waals surface area (Å²) in [7, 11) is 0. The van der Waals surface area contributed by atoms with Crippen molar-refractivity contribution in [3.05, 3.63) is 47.3 Å². The van der Waals surface area contributed by atoms with E-state index in [0.717, 1.165) is 41.6 Å². The Morgan fingerprint density at radius 2 is 1.76 bits per heavy atom. The molecule has 6 heteroatoms. The summed E-state index contributed by atoms with van der Waals surface area (Å²) in [4.78, 5) is 25.1. The van der Waals surface area contributed by atoms with Gasteiger partial charge in [-0.3, -0.25) is 4.79 Å². The van der Waals surface area contributed by atoms with Crippen LogP contribution in [0.1, 0.15) is 16.8 Å². The summed E-state index contributed by atoms with van der Waals surface area (Å²) >= 11 is 0. The Bertz CT molecular complexity index is 735. The maximum Gasteiger partial charge on any atom is 0.260 e. The molecular weight excluding hydrogens is 316 g/mol. The zero-order chi connectivity index (χ0) is 17.8. The molecule has 0 bridgehead atoms. The molecule has 0 N–H and O–H groups in total. The van der Waals surface area contributed by atoms with Crippen LogP contribution in [0.3, 0.4) is 0 Å². The third kappa shape index (κ3) is 4.47. The van der Waals surface area contributed by atoms with Gasteiger partial charge in [-0.1, -0.05) is 6.07 Å². The lowest BCUT2D eigenvalue weighted by atomic mass is 10.1. The monoisotopic (exact) mass is 340 g/mol. The standard InChI is InChI=1S/C19H24N4O2/c1-14-10-15(2)12-17(11-14)25-13-18(24)22-6-8-23(9-7-22)19-20-5-4-16(3)21-19/h4-5,10-12H,6-9,13H2,1-3H3. The Labute approximate surface area is 148 Å². The maximum absolute atomic E-state index is 12.4. The van der Waals surface area contributed by atoms with Crippen LogP contribution in [-0.4, -0.2) is 53.6 Å². The van der Waals surface area contributed by atoms with Gasteiger partial charge in [0.1, 0.15) is 5.75 Å². The summed E-state index contributed by atoms with van der Waals surface area (Å²) in [5, 5.41) is 0. The molecule has 2 heterocycles. The number of ether oxygens (including phenoxy) is 1. The summed E-state index contributed by atoms with van der Waals surface area (Å²) in [6, 6.07) is 7.87. The fourth-order valence-corrected chi connectivity index (χ4v) is 3.00. The van der Waals surface area contributed by atoms with Gasteiger partial charge in [0.05, 0.1) is 0 Å². The first-order valence-electron chi connectivity index (χ1n) is 8.55. The third-order valence-electron chi connectivity index (χ3n) is 4.25. The molecule has 3 rings (SSSR count). The van der Waals surface area contributed by atoms with E-state index in [1.54, 1.807) is 6.20 Å². The van der Waals surface area contributed by atoms with Gasteiger partial charge in [-0.2, -0.15) is 0 Å². The predicted octanol–water partition coefficient (Wildman–Crippen LogP) is 2.13. The van der Waals surface area contributed by atoms with E-state index in [-0.39, 0.29) is 12.5 Å². The Kier molecular flexibility index (Phi) is 5.16. The number of anilines is 1. The molecule has 1 aliphatic rings. The number of hydrogen-bond donors (Lipinski definition) is 0. The van der Waals surface area contributed by atoms with Gasteiger partial charge >= 0.3 is 0 Å². The molecule has 0 atom stereocenters. The van der Waals surface area contributed by atoms with Crippen LogP contribution >= 0.6 is 0 Å². The van der Waals surface area contributed by atoms with Crippen molar-refractivity contribution in [1.29, 1.82) is 0 Å². The SMILES string of the molecule is Cc1cc(C)cc(OCC(=O)N2CCN(c3nccc(C)n3)CC2)c1. The molecule has 0 saturated carbocycles. The Morgan fingerprint density at radius 3 is 2.40 bits per heavy atom. The highest BCUT2D eigenvalue weighted by atomic mass is 16.5. The number of amides is 1. The number of hydrogen-bond acceptors (Lipinski definition) is 5. The quantitative estimate of drug-likeness (QED) is 0.853. The molecule has 0 aliphatic carbocycles.